The van der Waals surface area contributed by atoms with Crippen LogP contribution in [-0.2, 0) is 19.6 Å². The number of Topliss-reactive ketones (excluding diaryl/α,β-unsaturated/α-hetero) is 1. The van der Waals surface area contributed by atoms with Crippen LogP contribution in [0.5, 0.6) is 0 Å². The number of fused-ring (bicyclic) bond motifs is 1. The van der Waals surface area contributed by atoms with Gasteiger partial charge in [-0.05, 0) is 36.3 Å². The molecular formula is C26H21NO5S2. The number of carbonyl (C=O) groups is 2. The molecule has 0 radical (unpaired) electrons. The van der Waals surface area contributed by atoms with E-state index >= 15 is 0 Å². The van der Waals surface area contributed by atoms with Gasteiger partial charge in [-0.3, -0.25) is 9.59 Å². The topological polar surface area (TPSA) is 89.9 Å². The first-order valence-corrected chi connectivity index (χ1v) is 13.0. The molecule has 6 nitrogen and oxygen atoms in total. The number of esters is 1. The summed E-state index contributed by atoms with van der Waals surface area (Å²) in [5.74, 6) is -0.799. The van der Waals surface area contributed by atoms with Crippen molar-refractivity contribution < 1.29 is 22.7 Å². The second kappa shape index (κ2) is 10.2. The van der Waals surface area contributed by atoms with Gasteiger partial charge in [0.25, 0.3) is 10.0 Å². The van der Waals surface area contributed by atoms with E-state index in [1.807, 2.05) is 30.3 Å². The summed E-state index contributed by atoms with van der Waals surface area (Å²) >= 11 is 1.00. The first-order chi connectivity index (χ1) is 16.4. The quantitative estimate of drug-likeness (QED) is 0.437. The van der Waals surface area contributed by atoms with Crippen molar-refractivity contribution in [1.29, 1.82) is 0 Å². The molecule has 8 heteroatoms. The largest absolute Gasteiger partial charge is 0.465 e. The first kappa shape index (κ1) is 23.7. The van der Waals surface area contributed by atoms with Gasteiger partial charge in [-0.25, -0.2) is 0 Å². The van der Waals surface area contributed by atoms with Crippen LogP contribution in [0.2, 0.25) is 0 Å². The molecule has 0 heterocycles. The molecule has 0 aliphatic heterocycles. The lowest BCUT2D eigenvalue weighted by molar-refractivity contribution is -0.139. The van der Waals surface area contributed by atoms with Crippen LogP contribution < -0.4 is 0 Å². The van der Waals surface area contributed by atoms with Crippen molar-refractivity contribution in [3.63, 3.8) is 0 Å². The SMILES string of the molecule is CCOC(=O)CSC1=CC(=NS(=O)(=O)c2ccc(-c3ccccc3)cc2)c2ccccc2C1=O. The van der Waals surface area contributed by atoms with Crippen LogP contribution in [0.4, 0.5) is 0 Å². The predicted molar refractivity (Wildman–Crippen MR) is 134 cm³/mol. The number of hydrogen-bond acceptors (Lipinski definition) is 6. The van der Waals surface area contributed by atoms with Crippen molar-refractivity contribution in [3.05, 3.63) is 101 Å². The standard InChI is InChI=1S/C26H21NO5S2/c1-2-32-25(28)17-33-24-16-23(21-10-6-7-11-22(21)26(24)29)27-34(30,31)20-14-12-19(13-15-20)18-8-4-3-5-9-18/h3-16H,2,17H2,1H3. The second-order valence-electron chi connectivity index (χ2n) is 7.32. The average molecular weight is 492 g/mol. The molecule has 3 aromatic rings. The fourth-order valence-electron chi connectivity index (χ4n) is 3.46. The van der Waals surface area contributed by atoms with E-state index < -0.39 is 16.0 Å². The fraction of sp³-hybridized carbons (Fsp3) is 0.115. The highest BCUT2D eigenvalue weighted by molar-refractivity contribution is 8.04. The molecular weight excluding hydrogens is 470 g/mol. The van der Waals surface area contributed by atoms with Gasteiger partial charge in [0.1, 0.15) is 0 Å². The normalized spacial score (nSPS) is 14.4. The number of rotatable bonds is 7. The summed E-state index contributed by atoms with van der Waals surface area (Å²) in [6, 6.07) is 22.8. The highest BCUT2D eigenvalue weighted by atomic mass is 32.2. The molecule has 0 N–H and O–H groups in total. The Bertz CT molecular complexity index is 1390. The van der Waals surface area contributed by atoms with Crippen LogP contribution in [0, 0.1) is 0 Å². The van der Waals surface area contributed by atoms with Crippen molar-refractivity contribution >= 4 is 39.2 Å². The molecule has 0 atom stereocenters. The number of ketones is 1. The lowest BCUT2D eigenvalue weighted by Gasteiger charge is -2.17. The first-order valence-electron chi connectivity index (χ1n) is 10.5. The van der Waals surface area contributed by atoms with E-state index in [0.717, 1.165) is 22.9 Å². The summed E-state index contributed by atoms with van der Waals surface area (Å²) in [6.07, 6.45) is 1.42. The predicted octanol–water partition coefficient (Wildman–Crippen LogP) is 4.91. The maximum absolute atomic E-state index is 13.1. The molecule has 0 aromatic heterocycles. The van der Waals surface area contributed by atoms with Crippen LogP contribution in [0.1, 0.15) is 22.8 Å². The van der Waals surface area contributed by atoms with E-state index in [0.29, 0.717) is 11.1 Å². The average Bonchev–Trinajstić information content (AvgIpc) is 2.86. The number of hydrogen-bond donors (Lipinski definition) is 0. The lowest BCUT2D eigenvalue weighted by atomic mass is 9.94. The maximum Gasteiger partial charge on any atom is 0.316 e. The fourth-order valence-corrected chi connectivity index (χ4v) is 5.25. The van der Waals surface area contributed by atoms with Crippen molar-refractivity contribution in [1.82, 2.24) is 0 Å². The van der Waals surface area contributed by atoms with Gasteiger partial charge in [0.2, 0.25) is 0 Å². The van der Waals surface area contributed by atoms with Gasteiger partial charge >= 0.3 is 5.97 Å². The zero-order valence-corrected chi connectivity index (χ0v) is 19.9. The van der Waals surface area contributed by atoms with E-state index in [9.17, 15) is 18.0 Å². The Hall–Kier alpha value is -3.49. The molecule has 1 aliphatic rings. The number of thioether (sulfide) groups is 1. The third kappa shape index (κ3) is 5.18. The number of sulfonamides is 1. The molecule has 0 spiro atoms. The summed E-state index contributed by atoms with van der Waals surface area (Å²) in [5.41, 5.74) is 2.78. The van der Waals surface area contributed by atoms with Crippen molar-refractivity contribution in [2.75, 3.05) is 12.4 Å². The van der Waals surface area contributed by atoms with E-state index in [1.165, 1.54) is 18.2 Å². The lowest BCUT2D eigenvalue weighted by Crippen LogP contribution is -2.18. The van der Waals surface area contributed by atoms with Gasteiger partial charge in [0.15, 0.2) is 5.78 Å². The number of nitrogens with zero attached hydrogens (tertiary/aromatic N) is 1. The highest BCUT2D eigenvalue weighted by Crippen LogP contribution is 2.30. The van der Waals surface area contributed by atoms with Gasteiger partial charge in [-0.1, -0.05) is 66.7 Å². The Balaban J connectivity index is 1.68. The van der Waals surface area contributed by atoms with Crippen LogP contribution in [0.15, 0.2) is 99.1 Å². The summed E-state index contributed by atoms with van der Waals surface area (Å²) in [7, 11) is -4.05. The van der Waals surface area contributed by atoms with Crippen LogP contribution in [-0.4, -0.2) is 38.2 Å². The third-order valence-corrected chi connectivity index (χ3v) is 7.37. The smallest absolute Gasteiger partial charge is 0.316 e. The van der Waals surface area contributed by atoms with Gasteiger partial charge in [0.05, 0.1) is 27.9 Å². The highest BCUT2D eigenvalue weighted by Gasteiger charge is 2.27. The number of benzene rings is 3. The molecule has 0 fully saturated rings. The molecule has 0 saturated carbocycles. The summed E-state index contributed by atoms with van der Waals surface area (Å²) in [6.45, 7) is 1.94. The molecule has 0 amide bonds. The van der Waals surface area contributed by atoms with Gasteiger partial charge < -0.3 is 4.74 Å². The molecule has 34 heavy (non-hydrogen) atoms. The third-order valence-electron chi connectivity index (χ3n) is 5.07. The summed E-state index contributed by atoms with van der Waals surface area (Å²) < 4.78 is 35.2. The van der Waals surface area contributed by atoms with Crippen LogP contribution in [0.25, 0.3) is 11.1 Å². The van der Waals surface area contributed by atoms with Gasteiger partial charge in [-0.2, -0.15) is 12.8 Å². The summed E-state index contributed by atoms with van der Waals surface area (Å²) in [5, 5.41) is 0. The Morgan fingerprint density at radius 1 is 0.882 bits per heavy atom. The minimum Gasteiger partial charge on any atom is -0.465 e. The minimum absolute atomic E-state index is 0.0446. The second-order valence-corrected chi connectivity index (χ2v) is 9.94. The zero-order chi connectivity index (χ0) is 24.1. The van der Waals surface area contributed by atoms with Crippen LogP contribution >= 0.6 is 11.8 Å². The Kier molecular flexibility index (Phi) is 7.09. The monoisotopic (exact) mass is 491 g/mol. The zero-order valence-electron chi connectivity index (χ0n) is 18.3. The number of allylic oxidation sites excluding steroid dienone is 2. The van der Waals surface area contributed by atoms with E-state index in [-0.39, 0.29) is 33.7 Å². The summed E-state index contributed by atoms with van der Waals surface area (Å²) in [4.78, 5) is 24.9. The minimum atomic E-state index is -4.05. The van der Waals surface area contributed by atoms with E-state index in [1.54, 1.807) is 43.3 Å². The van der Waals surface area contributed by atoms with E-state index in [4.69, 9.17) is 4.74 Å². The maximum atomic E-state index is 13.1. The number of carbonyl (C=O) groups excluding carboxylic acids is 2. The molecule has 4 rings (SSSR count). The van der Waals surface area contributed by atoms with Crippen molar-refractivity contribution in [2.45, 2.75) is 11.8 Å². The number of ether oxygens (including phenoxy) is 1. The molecule has 0 bridgehead atoms. The van der Waals surface area contributed by atoms with Crippen molar-refractivity contribution in [2.24, 2.45) is 4.40 Å². The Morgan fingerprint density at radius 2 is 1.50 bits per heavy atom. The van der Waals surface area contributed by atoms with E-state index in [2.05, 4.69) is 4.40 Å². The van der Waals surface area contributed by atoms with Gasteiger partial charge in [0, 0.05) is 11.1 Å². The Labute approximate surface area is 202 Å². The molecule has 3 aromatic carbocycles. The van der Waals surface area contributed by atoms with Gasteiger partial charge in [-0.15, -0.1) is 11.8 Å². The van der Waals surface area contributed by atoms with Crippen molar-refractivity contribution in [3.8, 4) is 11.1 Å². The molecule has 0 saturated heterocycles. The molecule has 0 unspecified atom stereocenters. The molecule has 1 aliphatic carbocycles. The van der Waals surface area contributed by atoms with Crippen LogP contribution in [0.3, 0.4) is 0 Å². The Morgan fingerprint density at radius 3 is 2.18 bits per heavy atom. The molecule has 172 valence electrons.